The van der Waals surface area contributed by atoms with E-state index >= 15 is 0 Å². The van der Waals surface area contributed by atoms with Crippen LogP contribution in [0.5, 0.6) is 0 Å². The van der Waals surface area contributed by atoms with E-state index in [9.17, 15) is 4.79 Å². The minimum atomic E-state index is -0.228. The summed E-state index contributed by atoms with van der Waals surface area (Å²) in [5.74, 6) is 0.235. The number of carbonyl (C=O) groups is 1. The Morgan fingerprint density at radius 2 is 2.00 bits per heavy atom. The number of carbonyl (C=O) groups excluding carboxylic acids is 1. The highest BCUT2D eigenvalue weighted by atomic mass is 16.5. The van der Waals surface area contributed by atoms with Crippen LogP contribution >= 0.6 is 0 Å². The van der Waals surface area contributed by atoms with Gasteiger partial charge < -0.3 is 9.47 Å². The predicted octanol–water partition coefficient (Wildman–Crippen LogP) is 1.61. The first-order chi connectivity index (χ1) is 5.57. The largest absolute Gasteiger partial charge is 0.466 e. The van der Waals surface area contributed by atoms with E-state index in [4.69, 9.17) is 9.47 Å². The number of hydrogen-bond donors (Lipinski definition) is 0. The molecule has 0 fully saturated rings. The smallest absolute Gasteiger partial charge is 0.302 e. The number of methoxy groups -OCH3 is 1. The van der Waals surface area contributed by atoms with Crippen molar-refractivity contribution in [2.75, 3.05) is 13.7 Å². The Hall–Kier alpha value is -0.570. The fourth-order valence-corrected chi connectivity index (χ4v) is 1.04. The van der Waals surface area contributed by atoms with Crippen LogP contribution in [-0.2, 0) is 14.3 Å². The van der Waals surface area contributed by atoms with Gasteiger partial charge in [0.05, 0.1) is 12.7 Å². The fraction of sp³-hybridized carbons (Fsp3) is 0.889. The van der Waals surface area contributed by atoms with Crippen molar-refractivity contribution < 1.29 is 14.3 Å². The zero-order valence-electron chi connectivity index (χ0n) is 8.29. The summed E-state index contributed by atoms with van der Waals surface area (Å²) < 4.78 is 10.0. The van der Waals surface area contributed by atoms with Crippen molar-refractivity contribution in [3.05, 3.63) is 0 Å². The predicted molar refractivity (Wildman–Crippen MR) is 46.9 cm³/mol. The van der Waals surface area contributed by atoms with Gasteiger partial charge in [0.25, 0.3) is 0 Å². The SMILES string of the molecule is COC(CCOC(C)=O)C(C)C. The zero-order valence-corrected chi connectivity index (χ0v) is 8.29. The van der Waals surface area contributed by atoms with Gasteiger partial charge in [-0.2, -0.15) is 0 Å². The average molecular weight is 174 g/mol. The topological polar surface area (TPSA) is 35.5 Å². The average Bonchev–Trinajstić information content (AvgIpc) is 1.96. The van der Waals surface area contributed by atoms with E-state index in [-0.39, 0.29) is 12.1 Å². The van der Waals surface area contributed by atoms with Crippen LogP contribution in [0.25, 0.3) is 0 Å². The summed E-state index contributed by atoms with van der Waals surface area (Å²) in [7, 11) is 1.68. The molecule has 0 bridgehead atoms. The van der Waals surface area contributed by atoms with E-state index in [1.165, 1.54) is 6.92 Å². The Bertz CT molecular complexity index is 132. The van der Waals surface area contributed by atoms with Crippen LogP contribution in [0.4, 0.5) is 0 Å². The highest BCUT2D eigenvalue weighted by molar-refractivity contribution is 5.65. The summed E-state index contributed by atoms with van der Waals surface area (Å²) in [5.41, 5.74) is 0. The Morgan fingerprint density at radius 1 is 1.42 bits per heavy atom. The van der Waals surface area contributed by atoms with Crippen molar-refractivity contribution >= 4 is 5.97 Å². The Morgan fingerprint density at radius 3 is 2.33 bits per heavy atom. The number of ether oxygens (including phenoxy) is 2. The lowest BCUT2D eigenvalue weighted by molar-refractivity contribution is -0.141. The van der Waals surface area contributed by atoms with Crippen LogP contribution in [0.2, 0.25) is 0 Å². The summed E-state index contributed by atoms with van der Waals surface area (Å²) in [5, 5.41) is 0. The molecule has 0 aromatic carbocycles. The highest BCUT2D eigenvalue weighted by Crippen LogP contribution is 2.09. The minimum Gasteiger partial charge on any atom is -0.466 e. The van der Waals surface area contributed by atoms with Gasteiger partial charge in [-0.25, -0.2) is 0 Å². The molecular weight excluding hydrogens is 156 g/mol. The standard InChI is InChI=1S/C9H18O3/c1-7(2)9(11-4)5-6-12-8(3)10/h7,9H,5-6H2,1-4H3. The maximum atomic E-state index is 10.4. The van der Waals surface area contributed by atoms with E-state index in [1.54, 1.807) is 7.11 Å². The van der Waals surface area contributed by atoms with Gasteiger partial charge in [-0.1, -0.05) is 13.8 Å². The second-order valence-corrected chi connectivity index (χ2v) is 3.15. The molecule has 0 aromatic heterocycles. The molecular formula is C9H18O3. The van der Waals surface area contributed by atoms with Crippen LogP contribution < -0.4 is 0 Å². The van der Waals surface area contributed by atoms with Crippen molar-refractivity contribution in [1.29, 1.82) is 0 Å². The van der Waals surface area contributed by atoms with Crippen molar-refractivity contribution in [3.63, 3.8) is 0 Å². The second-order valence-electron chi connectivity index (χ2n) is 3.15. The number of esters is 1. The Kier molecular flexibility index (Phi) is 5.72. The number of hydrogen-bond acceptors (Lipinski definition) is 3. The zero-order chi connectivity index (χ0) is 9.56. The van der Waals surface area contributed by atoms with Crippen molar-refractivity contribution in [2.24, 2.45) is 5.92 Å². The first kappa shape index (κ1) is 11.4. The molecule has 0 saturated carbocycles. The van der Waals surface area contributed by atoms with E-state index in [2.05, 4.69) is 13.8 Å². The molecule has 3 heteroatoms. The molecule has 0 aliphatic rings. The van der Waals surface area contributed by atoms with Crippen molar-refractivity contribution in [3.8, 4) is 0 Å². The molecule has 0 heterocycles. The van der Waals surface area contributed by atoms with E-state index in [1.807, 2.05) is 0 Å². The van der Waals surface area contributed by atoms with Gasteiger partial charge in [-0.05, 0) is 5.92 Å². The lowest BCUT2D eigenvalue weighted by atomic mass is 10.1. The summed E-state index contributed by atoms with van der Waals surface area (Å²) >= 11 is 0. The molecule has 12 heavy (non-hydrogen) atoms. The molecule has 72 valence electrons. The molecule has 0 spiro atoms. The molecule has 1 unspecified atom stereocenters. The van der Waals surface area contributed by atoms with Crippen molar-refractivity contribution in [1.82, 2.24) is 0 Å². The third-order valence-corrected chi connectivity index (χ3v) is 1.75. The van der Waals surface area contributed by atoms with Gasteiger partial charge in [0.2, 0.25) is 0 Å². The molecule has 0 aromatic rings. The monoisotopic (exact) mass is 174 g/mol. The molecule has 0 saturated heterocycles. The van der Waals surface area contributed by atoms with E-state index in [0.29, 0.717) is 12.5 Å². The molecule has 0 rings (SSSR count). The molecule has 0 amide bonds. The van der Waals surface area contributed by atoms with Gasteiger partial charge in [-0.3, -0.25) is 4.79 Å². The summed E-state index contributed by atoms with van der Waals surface area (Å²) in [6.07, 6.45) is 0.956. The normalized spacial score (nSPS) is 13.1. The maximum Gasteiger partial charge on any atom is 0.302 e. The fourth-order valence-electron chi connectivity index (χ4n) is 1.04. The third-order valence-electron chi connectivity index (χ3n) is 1.75. The van der Waals surface area contributed by atoms with Crippen LogP contribution in [0.3, 0.4) is 0 Å². The lowest BCUT2D eigenvalue weighted by Crippen LogP contribution is -2.20. The summed E-state index contributed by atoms with van der Waals surface area (Å²) in [4.78, 5) is 10.4. The van der Waals surface area contributed by atoms with Gasteiger partial charge in [0.1, 0.15) is 0 Å². The molecule has 3 nitrogen and oxygen atoms in total. The van der Waals surface area contributed by atoms with Crippen LogP contribution in [0.15, 0.2) is 0 Å². The second kappa shape index (κ2) is 6.00. The molecule has 0 N–H and O–H groups in total. The quantitative estimate of drug-likeness (QED) is 0.594. The maximum absolute atomic E-state index is 10.4. The minimum absolute atomic E-state index is 0.185. The Labute approximate surface area is 74.0 Å². The molecule has 1 atom stereocenters. The first-order valence-corrected chi connectivity index (χ1v) is 4.24. The summed E-state index contributed by atoms with van der Waals surface area (Å²) in [6, 6.07) is 0. The Balaban J connectivity index is 3.51. The third kappa shape index (κ3) is 5.13. The van der Waals surface area contributed by atoms with Crippen LogP contribution in [0, 0.1) is 5.92 Å². The van der Waals surface area contributed by atoms with Crippen LogP contribution in [-0.4, -0.2) is 25.8 Å². The van der Waals surface area contributed by atoms with Gasteiger partial charge >= 0.3 is 5.97 Å². The molecule has 0 aliphatic heterocycles. The molecule has 0 radical (unpaired) electrons. The van der Waals surface area contributed by atoms with Gasteiger partial charge in [-0.15, -0.1) is 0 Å². The van der Waals surface area contributed by atoms with Crippen molar-refractivity contribution in [2.45, 2.75) is 33.3 Å². The summed E-state index contributed by atoms with van der Waals surface area (Å²) in [6.45, 7) is 6.03. The van der Waals surface area contributed by atoms with Gasteiger partial charge in [0, 0.05) is 20.5 Å². The first-order valence-electron chi connectivity index (χ1n) is 4.24. The molecule has 0 aliphatic carbocycles. The lowest BCUT2D eigenvalue weighted by Gasteiger charge is -2.18. The highest BCUT2D eigenvalue weighted by Gasteiger charge is 2.11. The number of rotatable bonds is 5. The van der Waals surface area contributed by atoms with Gasteiger partial charge in [0.15, 0.2) is 0 Å². The van der Waals surface area contributed by atoms with E-state index < -0.39 is 0 Å². The van der Waals surface area contributed by atoms with Crippen LogP contribution in [0.1, 0.15) is 27.2 Å². The van der Waals surface area contributed by atoms with E-state index in [0.717, 1.165) is 6.42 Å².